The van der Waals surface area contributed by atoms with Gasteiger partial charge in [0.05, 0.1) is 26.4 Å². The zero-order valence-electron chi connectivity index (χ0n) is 12.5. The van der Waals surface area contributed by atoms with E-state index in [0.717, 1.165) is 11.1 Å². The summed E-state index contributed by atoms with van der Waals surface area (Å²) in [5.74, 6) is 1.68. The van der Waals surface area contributed by atoms with Crippen LogP contribution in [0.3, 0.4) is 0 Å². The highest BCUT2D eigenvalue weighted by Gasteiger charge is 2.61. The quantitative estimate of drug-likeness (QED) is 0.534. The number of aliphatic hydroxyl groups excluding tert-OH is 4. The molecule has 0 unspecified atom stereocenters. The van der Waals surface area contributed by atoms with E-state index in [9.17, 15) is 20.4 Å². The average molecular weight is 308 g/mol. The van der Waals surface area contributed by atoms with Gasteiger partial charge in [-0.2, -0.15) is 0 Å². The van der Waals surface area contributed by atoms with E-state index < -0.39 is 44.7 Å². The van der Waals surface area contributed by atoms with Gasteiger partial charge in [-0.3, -0.25) is 0 Å². The minimum Gasteiger partial charge on any atom is -0.394 e. The van der Waals surface area contributed by atoms with E-state index in [4.69, 9.17) is 9.31 Å². The maximum absolute atomic E-state index is 9.58. The van der Waals surface area contributed by atoms with Gasteiger partial charge in [0.25, 0.3) is 0 Å². The van der Waals surface area contributed by atoms with Crippen molar-refractivity contribution in [3.8, 4) is 0 Å². The largest absolute Gasteiger partial charge is 0.487 e. The third-order valence-corrected chi connectivity index (χ3v) is 4.15. The fourth-order valence-electron chi connectivity index (χ4n) is 2.58. The third kappa shape index (κ3) is 2.83. The first-order valence-corrected chi connectivity index (χ1v) is 7.09. The molecule has 6 nitrogen and oxygen atoms in total. The summed E-state index contributed by atoms with van der Waals surface area (Å²) < 4.78 is 11.2. The highest BCUT2D eigenvalue weighted by atomic mass is 16.7. The van der Waals surface area contributed by atoms with Crippen molar-refractivity contribution in [2.45, 2.75) is 18.1 Å². The number of benzene rings is 1. The van der Waals surface area contributed by atoms with Gasteiger partial charge >= 0.3 is 7.12 Å². The molecule has 1 heterocycles. The molecule has 0 saturated carbocycles. The molecule has 0 aromatic heterocycles. The lowest BCUT2D eigenvalue weighted by Crippen LogP contribution is -2.61. The lowest BCUT2D eigenvalue weighted by molar-refractivity contribution is -0.147. The first-order valence-electron chi connectivity index (χ1n) is 7.09. The highest BCUT2D eigenvalue weighted by Crippen LogP contribution is 2.38. The Morgan fingerprint density at radius 2 is 1.41 bits per heavy atom. The van der Waals surface area contributed by atoms with Crippen LogP contribution in [-0.4, -0.2) is 65.2 Å². The second-order valence-electron chi connectivity index (χ2n) is 5.44. The van der Waals surface area contributed by atoms with Gasteiger partial charge in [-0.1, -0.05) is 41.9 Å². The number of hydrogen-bond donors (Lipinski definition) is 4. The Hall–Kier alpha value is -1.22. The molecule has 1 aliphatic rings. The fourth-order valence-corrected chi connectivity index (χ4v) is 2.58. The van der Waals surface area contributed by atoms with E-state index in [1.165, 1.54) is 0 Å². The van der Waals surface area contributed by atoms with Crippen LogP contribution in [0.5, 0.6) is 0 Å². The monoisotopic (exact) mass is 308 g/mol. The molecule has 0 spiro atoms. The normalized spacial score (nSPS) is 20.4. The number of aliphatic hydroxyl groups is 4. The number of allylic oxidation sites excluding steroid dienone is 1. The molecule has 120 valence electrons. The van der Waals surface area contributed by atoms with Crippen molar-refractivity contribution >= 4 is 12.7 Å². The summed E-state index contributed by atoms with van der Waals surface area (Å²) in [7, 11) is -0.890. The summed E-state index contributed by atoms with van der Waals surface area (Å²) in [4.78, 5) is 0. The molecule has 0 aliphatic carbocycles. The van der Waals surface area contributed by atoms with Gasteiger partial charge in [-0.05, 0) is 12.5 Å². The second-order valence-corrected chi connectivity index (χ2v) is 5.44. The van der Waals surface area contributed by atoms with Crippen LogP contribution in [0, 0.1) is 0 Å². The molecule has 4 N–H and O–H groups in total. The smallest absolute Gasteiger partial charge is 0.394 e. The predicted octanol–water partition coefficient (Wildman–Crippen LogP) is -0.389. The van der Waals surface area contributed by atoms with Crippen molar-refractivity contribution in [1.29, 1.82) is 0 Å². The van der Waals surface area contributed by atoms with Crippen molar-refractivity contribution in [1.82, 2.24) is 0 Å². The summed E-state index contributed by atoms with van der Waals surface area (Å²) >= 11 is 0. The zero-order valence-corrected chi connectivity index (χ0v) is 12.5. The first-order chi connectivity index (χ1) is 10.6. The number of rotatable bonds is 6. The Labute approximate surface area is 129 Å². The van der Waals surface area contributed by atoms with Crippen LogP contribution in [0.2, 0.25) is 0 Å². The second kappa shape index (κ2) is 6.91. The average Bonchev–Trinajstić information content (AvgIpc) is 2.89. The van der Waals surface area contributed by atoms with Crippen LogP contribution in [0.25, 0.3) is 5.57 Å². The molecular formula is C15H21BO6. The predicted molar refractivity (Wildman–Crippen MR) is 81.8 cm³/mol. The highest BCUT2D eigenvalue weighted by molar-refractivity contribution is 6.53. The maximum Gasteiger partial charge on any atom is 0.487 e. The lowest BCUT2D eigenvalue weighted by atomic mass is 9.85. The molecule has 1 saturated heterocycles. The van der Waals surface area contributed by atoms with Gasteiger partial charge in [0.1, 0.15) is 11.2 Å². The molecule has 1 fully saturated rings. The van der Waals surface area contributed by atoms with E-state index in [0.29, 0.717) is 0 Å². The SMILES string of the molecule is CC(=CB1OC(CO)(CO)C(CO)(CO)O1)c1ccccc1. The maximum atomic E-state index is 9.58. The van der Waals surface area contributed by atoms with Crippen LogP contribution in [0.15, 0.2) is 36.3 Å². The molecule has 1 aromatic carbocycles. The molecule has 0 radical (unpaired) electrons. The van der Waals surface area contributed by atoms with Crippen LogP contribution < -0.4 is 0 Å². The molecule has 22 heavy (non-hydrogen) atoms. The lowest BCUT2D eigenvalue weighted by Gasteiger charge is -2.39. The van der Waals surface area contributed by atoms with Crippen LogP contribution in [0.1, 0.15) is 12.5 Å². The van der Waals surface area contributed by atoms with Gasteiger partial charge in [0.2, 0.25) is 0 Å². The molecule has 0 atom stereocenters. The molecule has 7 heteroatoms. The summed E-state index contributed by atoms with van der Waals surface area (Å²) in [6, 6.07) is 9.57. The first kappa shape index (κ1) is 17.1. The van der Waals surface area contributed by atoms with E-state index in [1.807, 2.05) is 37.3 Å². The Morgan fingerprint density at radius 3 is 1.82 bits per heavy atom. The molecule has 2 rings (SSSR count). The van der Waals surface area contributed by atoms with Gasteiger partial charge in [-0.15, -0.1) is 0 Å². The summed E-state index contributed by atoms with van der Waals surface area (Å²) in [5.41, 5.74) is -1.27. The van der Waals surface area contributed by atoms with Crippen molar-refractivity contribution in [3.63, 3.8) is 0 Å². The molecular weight excluding hydrogens is 287 g/mol. The Balaban J connectivity index is 2.28. The molecule has 1 aliphatic heterocycles. The Bertz CT molecular complexity index is 490. The van der Waals surface area contributed by atoms with Crippen molar-refractivity contribution in [3.05, 3.63) is 41.9 Å². The van der Waals surface area contributed by atoms with Gasteiger partial charge in [0.15, 0.2) is 0 Å². The Kier molecular flexibility index (Phi) is 5.39. The Morgan fingerprint density at radius 1 is 0.955 bits per heavy atom. The molecule has 0 amide bonds. The van der Waals surface area contributed by atoms with E-state index in [2.05, 4.69) is 0 Å². The molecule has 0 bridgehead atoms. The van der Waals surface area contributed by atoms with Gasteiger partial charge in [-0.25, -0.2) is 0 Å². The van der Waals surface area contributed by atoms with Crippen molar-refractivity contribution in [2.75, 3.05) is 26.4 Å². The molecule has 1 aromatic rings. The topological polar surface area (TPSA) is 99.4 Å². The zero-order chi connectivity index (χ0) is 16.2. The summed E-state index contributed by atoms with van der Waals surface area (Å²) in [6.07, 6.45) is 0. The van der Waals surface area contributed by atoms with Gasteiger partial charge in [0, 0.05) is 0 Å². The summed E-state index contributed by atoms with van der Waals surface area (Å²) in [6.45, 7) is -0.461. The third-order valence-electron chi connectivity index (χ3n) is 4.15. The van der Waals surface area contributed by atoms with Crippen LogP contribution in [0.4, 0.5) is 0 Å². The van der Waals surface area contributed by atoms with E-state index in [1.54, 1.807) is 5.98 Å². The minimum atomic E-state index is -1.56. The summed E-state index contributed by atoms with van der Waals surface area (Å²) in [5, 5.41) is 38.3. The van der Waals surface area contributed by atoms with E-state index in [-0.39, 0.29) is 0 Å². The number of hydrogen-bond acceptors (Lipinski definition) is 6. The van der Waals surface area contributed by atoms with E-state index >= 15 is 0 Å². The fraction of sp³-hybridized carbons (Fsp3) is 0.467. The van der Waals surface area contributed by atoms with Gasteiger partial charge < -0.3 is 29.7 Å². The van der Waals surface area contributed by atoms with Crippen LogP contribution >= 0.6 is 0 Å². The standard InChI is InChI=1S/C15H21BO6/c1-12(13-5-3-2-4-6-13)7-16-21-14(8-17,9-18)15(10-19,11-20)22-16/h2-7,17-20H,8-11H2,1H3. The van der Waals surface area contributed by atoms with Crippen molar-refractivity contribution in [2.24, 2.45) is 0 Å². The minimum absolute atomic E-state index is 0.584. The van der Waals surface area contributed by atoms with Crippen molar-refractivity contribution < 1.29 is 29.7 Å². The van der Waals surface area contributed by atoms with Crippen LogP contribution in [-0.2, 0) is 9.31 Å².